The molecule has 0 aliphatic rings. The van der Waals surface area contributed by atoms with Crippen LogP contribution in [-0.4, -0.2) is 31.6 Å². The number of ether oxygens (including phenoxy) is 1. The highest BCUT2D eigenvalue weighted by Crippen LogP contribution is 2.29. The van der Waals surface area contributed by atoms with Crippen LogP contribution in [0.3, 0.4) is 0 Å². The number of carbonyl (C=O) groups is 2. The number of carbonyl (C=O) groups excluding carboxylic acids is 2. The fourth-order valence-corrected chi connectivity index (χ4v) is 2.79. The number of para-hydroxylation sites is 1. The predicted molar refractivity (Wildman–Crippen MR) is 100 cm³/mol. The summed E-state index contributed by atoms with van der Waals surface area (Å²) in [5, 5.41) is 5.00. The summed E-state index contributed by atoms with van der Waals surface area (Å²) in [6.07, 6.45) is -4.54. The van der Waals surface area contributed by atoms with E-state index in [4.69, 9.17) is 9.15 Å². The number of anilines is 1. The molecule has 3 rings (SSSR count). The molecule has 6 nitrogen and oxygen atoms in total. The third-order valence-corrected chi connectivity index (χ3v) is 4.22. The fourth-order valence-electron chi connectivity index (χ4n) is 2.79. The van der Waals surface area contributed by atoms with E-state index >= 15 is 0 Å². The molecule has 0 fully saturated rings. The van der Waals surface area contributed by atoms with Crippen LogP contribution in [0.25, 0.3) is 11.0 Å². The van der Waals surface area contributed by atoms with E-state index in [1.165, 1.54) is 25.3 Å². The van der Waals surface area contributed by atoms with Gasteiger partial charge < -0.3 is 19.8 Å². The van der Waals surface area contributed by atoms with Gasteiger partial charge in [-0.2, -0.15) is 13.2 Å². The van der Waals surface area contributed by atoms with Gasteiger partial charge in [0, 0.05) is 10.9 Å². The molecule has 0 aliphatic heterocycles. The molecule has 9 heteroatoms. The van der Waals surface area contributed by atoms with Crippen LogP contribution in [-0.2, 0) is 0 Å². The molecule has 0 spiro atoms. The molecule has 2 amide bonds. The Morgan fingerprint density at radius 2 is 1.83 bits per heavy atom. The molecule has 0 saturated carbocycles. The van der Waals surface area contributed by atoms with E-state index in [0.717, 1.165) is 0 Å². The summed E-state index contributed by atoms with van der Waals surface area (Å²) in [6.45, 7) is 0.223. The summed E-state index contributed by atoms with van der Waals surface area (Å²) in [7, 11) is 1.52. The van der Waals surface area contributed by atoms with Crippen LogP contribution >= 0.6 is 0 Å². The zero-order valence-electron chi connectivity index (χ0n) is 15.5. The lowest BCUT2D eigenvalue weighted by Crippen LogP contribution is -2.34. The first-order valence-corrected chi connectivity index (χ1v) is 8.52. The molecule has 0 aliphatic carbocycles. The van der Waals surface area contributed by atoms with Crippen molar-refractivity contribution in [1.29, 1.82) is 0 Å². The molecule has 2 N–H and O–H groups in total. The van der Waals surface area contributed by atoms with Gasteiger partial charge in [0.05, 0.1) is 18.4 Å². The average molecular weight is 406 g/mol. The van der Waals surface area contributed by atoms with Gasteiger partial charge in [0.2, 0.25) is 0 Å². The highest BCUT2D eigenvalue weighted by Gasteiger charge is 2.28. The summed E-state index contributed by atoms with van der Waals surface area (Å²) in [6, 6.07) is 10.8. The minimum absolute atomic E-state index is 0.0266. The first-order valence-electron chi connectivity index (χ1n) is 8.52. The minimum atomic E-state index is -4.54. The third kappa shape index (κ3) is 4.50. The number of alkyl halides is 3. The number of furan rings is 1. The summed E-state index contributed by atoms with van der Waals surface area (Å²) in [5.74, 6) is -0.961. The Kier molecular flexibility index (Phi) is 5.49. The number of halogens is 3. The number of amides is 2. The standard InChI is InChI=1S/C20H17F3N2O4/c1-11-14-9-12(28-2)7-8-16(14)29-17(11)19(27)25-15-6-4-3-5-13(15)18(26)24-10-20(21,22)23/h3-9H,10H2,1-2H3,(H,24,26)(H,25,27). The Bertz CT molecular complexity index is 1070. The normalized spacial score (nSPS) is 11.3. The van der Waals surface area contributed by atoms with E-state index in [9.17, 15) is 22.8 Å². The maximum Gasteiger partial charge on any atom is 0.405 e. The lowest BCUT2D eigenvalue weighted by atomic mass is 10.1. The van der Waals surface area contributed by atoms with Crippen molar-refractivity contribution in [1.82, 2.24) is 5.32 Å². The molecule has 29 heavy (non-hydrogen) atoms. The Labute approximate surface area is 163 Å². The average Bonchev–Trinajstić information content (AvgIpc) is 3.02. The van der Waals surface area contributed by atoms with Gasteiger partial charge in [0.15, 0.2) is 5.76 Å². The summed E-state index contributed by atoms with van der Waals surface area (Å²) < 4.78 is 47.8. The third-order valence-electron chi connectivity index (χ3n) is 4.22. The van der Waals surface area contributed by atoms with E-state index in [1.54, 1.807) is 36.5 Å². The van der Waals surface area contributed by atoms with Crippen molar-refractivity contribution < 1.29 is 31.9 Å². The second-order valence-corrected chi connectivity index (χ2v) is 6.22. The van der Waals surface area contributed by atoms with Crippen molar-refractivity contribution in [3.05, 3.63) is 59.4 Å². The number of nitrogens with one attached hydrogen (secondary N) is 2. The molecule has 0 radical (unpaired) electrons. The van der Waals surface area contributed by atoms with Crippen LogP contribution < -0.4 is 15.4 Å². The van der Waals surface area contributed by atoms with E-state index in [0.29, 0.717) is 22.3 Å². The molecule has 0 saturated heterocycles. The highest BCUT2D eigenvalue weighted by molar-refractivity contribution is 6.10. The maximum atomic E-state index is 12.7. The summed E-state index contributed by atoms with van der Waals surface area (Å²) in [4.78, 5) is 24.8. The number of fused-ring (bicyclic) bond motifs is 1. The minimum Gasteiger partial charge on any atom is -0.497 e. The number of hydrogen-bond acceptors (Lipinski definition) is 4. The van der Waals surface area contributed by atoms with E-state index < -0.39 is 24.5 Å². The molecule has 0 unspecified atom stereocenters. The molecule has 2 aromatic carbocycles. The van der Waals surface area contributed by atoms with Crippen molar-refractivity contribution in [2.24, 2.45) is 0 Å². The molecule has 0 atom stereocenters. The second-order valence-electron chi connectivity index (χ2n) is 6.22. The number of hydrogen-bond donors (Lipinski definition) is 2. The van der Waals surface area contributed by atoms with Gasteiger partial charge in [-0.3, -0.25) is 9.59 Å². The fraction of sp³-hybridized carbons (Fsp3) is 0.200. The van der Waals surface area contributed by atoms with Crippen molar-refractivity contribution in [3.8, 4) is 5.75 Å². The predicted octanol–water partition coefficient (Wildman–Crippen LogP) is 4.29. The first kappa shape index (κ1) is 20.2. The zero-order valence-corrected chi connectivity index (χ0v) is 15.5. The molecule has 3 aromatic rings. The molecule has 1 heterocycles. The maximum absolute atomic E-state index is 12.7. The molecular formula is C20H17F3N2O4. The Morgan fingerprint density at radius 1 is 1.10 bits per heavy atom. The molecule has 152 valence electrons. The number of methoxy groups -OCH3 is 1. The largest absolute Gasteiger partial charge is 0.497 e. The number of rotatable bonds is 5. The van der Waals surface area contributed by atoms with Crippen LogP contribution in [0.4, 0.5) is 18.9 Å². The van der Waals surface area contributed by atoms with Gasteiger partial charge in [-0.25, -0.2) is 0 Å². The lowest BCUT2D eigenvalue weighted by Gasteiger charge is -2.12. The number of aryl methyl sites for hydroxylation is 1. The molecule has 0 bridgehead atoms. The summed E-state index contributed by atoms with van der Waals surface area (Å²) in [5.41, 5.74) is 1.01. The number of benzene rings is 2. The van der Waals surface area contributed by atoms with Crippen LogP contribution in [0.2, 0.25) is 0 Å². The monoisotopic (exact) mass is 406 g/mol. The van der Waals surface area contributed by atoms with Crippen LogP contribution in [0.15, 0.2) is 46.9 Å². The Morgan fingerprint density at radius 3 is 2.52 bits per heavy atom. The van der Waals surface area contributed by atoms with Crippen LogP contribution in [0, 0.1) is 6.92 Å². The van der Waals surface area contributed by atoms with Gasteiger partial charge in [-0.05, 0) is 37.3 Å². The van der Waals surface area contributed by atoms with E-state index in [2.05, 4.69) is 5.32 Å². The Hall–Kier alpha value is -3.49. The van der Waals surface area contributed by atoms with Crippen molar-refractivity contribution in [2.75, 3.05) is 19.0 Å². The zero-order chi connectivity index (χ0) is 21.2. The highest BCUT2D eigenvalue weighted by atomic mass is 19.4. The van der Waals surface area contributed by atoms with Gasteiger partial charge in [0.25, 0.3) is 11.8 Å². The summed E-state index contributed by atoms with van der Waals surface area (Å²) >= 11 is 0. The SMILES string of the molecule is COc1ccc2oc(C(=O)Nc3ccccc3C(=O)NCC(F)(F)F)c(C)c2c1. The quantitative estimate of drug-likeness (QED) is 0.662. The van der Waals surface area contributed by atoms with E-state index in [-0.39, 0.29) is 17.0 Å². The van der Waals surface area contributed by atoms with Crippen molar-refractivity contribution in [2.45, 2.75) is 13.1 Å². The topological polar surface area (TPSA) is 80.6 Å². The van der Waals surface area contributed by atoms with E-state index in [1.807, 2.05) is 0 Å². The van der Waals surface area contributed by atoms with Gasteiger partial charge in [-0.15, -0.1) is 0 Å². The van der Waals surface area contributed by atoms with Crippen LogP contribution in [0.5, 0.6) is 5.75 Å². The second kappa shape index (κ2) is 7.86. The van der Waals surface area contributed by atoms with Crippen LogP contribution in [0.1, 0.15) is 26.5 Å². The van der Waals surface area contributed by atoms with Gasteiger partial charge in [-0.1, -0.05) is 12.1 Å². The van der Waals surface area contributed by atoms with Gasteiger partial charge in [0.1, 0.15) is 17.9 Å². The molecule has 1 aromatic heterocycles. The van der Waals surface area contributed by atoms with Crippen molar-refractivity contribution >= 4 is 28.5 Å². The molecular weight excluding hydrogens is 389 g/mol. The first-order chi connectivity index (χ1) is 13.7. The smallest absolute Gasteiger partial charge is 0.405 e. The lowest BCUT2D eigenvalue weighted by molar-refractivity contribution is -0.123. The van der Waals surface area contributed by atoms with Gasteiger partial charge >= 0.3 is 6.18 Å². The Balaban J connectivity index is 1.85. The van der Waals surface area contributed by atoms with Crippen molar-refractivity contribution in [3.63, 3.8) is 0 Å².